The minimum absolute atomic E-state index is 0. The van der Waals surface area contributed by atoms with Crippen LogP contribution in [0.4, 0.5) is 0 Å². The maximum absolute atomic E-state index is 10.1. The standard InChI is InChI=1S/C22H38O.Mg.2H/c1-2-3-4-5-6-7-8-9-10-11-12-13-17-20-22(23)21-18-15-14-16-19-21;;;/h14-16,18-19,22-23H,2-13,17,20H2,1H3;;;/q;+2;2*-1. The molecule has 0 aliphatic heterocycles. The first-order valence-electron chi connectivity index (χ1n) is 10.1. The van der Waals surface area contributed by atoms with E-state index in [9.17, 15) is 5.11 Å². The Hall–Kier alpha value is -0.0538. The monoisotopic (exact) mass is 344 g/mol. The molecule has 0 saturated carbocycles. The van der Waals surface area contributed by atoms with Gasteiger partial charge in [0.2, 0.25) is 0 Å². The molecule has 0 bridgehead atoms. The first-order valence-corrected chi connectivity index (χ1v) is 10.1. The van der Waals surface area contributed by atoms with E-state index in [0.29, 0.717) is 0 Å². The second-order valence-corrected chi connectivity index (χ2v) is 6.96. The molecule has 0 amide bonds. The molecule has 0 heterocycles. The van der Waals surface area contributed by atoms with E-state index in [-0.39, 0.29) is 32.0 Å². The first-order chi connectivity index (χ1) is 11.3. The van der Waals surface area contributed by atoms with Gasteiger partial charge in [0, 0.05) is 0 Å². The zero-order chi connectivity index (χ0) is 16.6. The van der Waals surface area contributed by atoms with Gasteiger partial charge in [-0.3, -0.25) is 0 Å². The summed E-state index contributed by atoms with van der Waals surface area (Å²) in [5.41, 5.74) is 1.06. The molecule has 0 aliphatic carbocycles. The minimum Gasteiger partial charge on any atom is -1.00 e. The maximum atomic E-state index is 10.1. The van der Waals surface area contributed by atoms with Gasteiger partial charge in [-0.15, -0.1) is 0 Å². The van der Waals surface area contributed by atoms with Gasteiger partial charge in [-0.1, -0.05) is 121 Å². The molecular weight excluding hydrogens is 305 g/mol. The molecule has 24 heavy (non-hydrogen) atoms. The molecule has 2 heteroatoms. The predicted molar refractivity (Wildman–Crippen MR) is 110 cm³/mol. The van der Waals surface area contributed by atoms with Crippen molar-refractivity contribution >= 4 is 23.1 Å². The quantitative estimate of drug-likeness (QED) is 0.267. The Morgan fingerprint density at radius 1 is 0.708 bits per heavy atom. The third-order valence-corrected chi connectivity index (χ3v) is 4.77. The summed E-state index contributed by atoms with van der Waals surface area (Å²) in [6.45, 7) is 2.28. The van der Waals surface area contributed by atoms with Crippen LogP contribution in [0.25, 0.3) is 0 Å². The summed E-state index contributed by atoms with van der Waals surface area (Å²) >= 11 is 0. The van der Waals surface area contributed by atoms with E-state index in [1.807, 2.05) is 30.3 Å². The summed E-state index contributed by atoms with van der Waals surface area (Å²) in [6.07, 6.45) is 18.5. The Bertz CT molecular complexity index is 362. The van der Waals surface area contributed by atoms with Crippen molar-refractivity contribution in [1.82, 2.24) is 0 Å². The average molecular weight is 345 g/mol. The average Bonchev–Trinajstić information content (AvgIpc) is 2.59. The van der Waals surface area contributed by atoms with Gasteiger partial charge >= 0.3 is 23.1 Å². The largest absolute Gasteiger partial charge is 2.00 e. The van der Waals surface area contributed by atoms with Gasteiger partial charge in [0.1, 0.15) is 0 Å². The van der Waals surface area contributed by atoms with Crippen LogP contribution < -0.4 is 0 Å². The van der Waals surface area contributed by atoms with Crippen molar-refractivity contribution in [1.29, 1.82) is 0 Å². The molecule has 136 valence electrons. The van der Waals surface area contributed by atoms with Crippen LogP contribution in [0.1, 0.15) is 111 Å². The van der Waals surface area contributed by atoms with Crippen LogP contribution >= 0.6 is 0 Å². The normalized spacial score (nSPS) is 11.9. The Labute approximate surface area is 169 Å². The van der Waals surface area contributed by atoms with Crippen molar-refractivity contribution < 1.29 is 7.96 Å². The molecule has 0 spiro atoms. The molecule has 1 unspecified atom stereocenters. The molecular formula is C22H40MgO. The Balaban J connectivity index is -0.00000176. The third-order valence-electron chi connectivity index (χ3n) is 4.77. The van der Waals surface area contributed by atoms with Crippen LogP contribution in [-0.4, -0.2) is 28.2 Å². The fraction of sp³-hybridized carbons (Fsp3) is 0.727. The Morgan fingerprint density at radius 2 is 1.12 bits per heavy atom. The van der Waals surface area contributed by atoms with E-state index in [0.717, 1.165) is 18.4 Å². The van der Waals surface area contributed by atoms with E-state index < -0.39 is 0 Å². The minimum atomic E-state index is -0.274. The predicted octanol–water partition coefficient (Wildman–Crippen LogP) is 7.05. The third kappa shape index (κ3) is 13.3. The van der Waals surface area contributed by atoms with E-state index >= 15 is 0 Å². The molecule has 1 aromatic rings. The first kappa shape index (κ1) is 23.9. The molecule has 0 aromatic heterocycles. The van der Waals surface area contributed by atoms with Gasteiger partial charge in [-0.05, 0) is 12.0 Å². The summed E-state index contributed by atoms with van der Waals surface area (Å²) in [5.74, 6) is 0. The summed E-state index contributed by atoms with van der Waals surface area (Å²) in [4.78, 5) is 0. The second-order valence-electron chi connectivity index (χ2n) is 6.96. The van der Waals surface area contributed by atoms with Crippen LogP contribution in [0.15, 0.2) is 30.3 Å². The Kier molecular flexibility index (Phi) is 17.7. The van der Waals surface area contributed by atoms with Gasteiger partial charge in [-0.25, -0.2) is 0 Å². The number of unbranched alkanes of at least 4 members (excludes halogenated alkanes) is 12. The van der Waals surface area contributed by atoms with E-state index in [1.54, 1.807) is 0 Å². The van der Waals surface area contributed by atoms with Crippen molar-refractivity contribution in [2.24, 2.45) is 0 Å². The van der Waals surface area contributed by atoms with Crippen LogP contribution in [0, 0.1) is 0 Å². The smallest absolute Gasteiger partial charge is 1.00 e. The van der Waals surface area contributed by atoms with Crippen molar-refractivity contribution in [2.45, 2.75) is 103 Å². The summed E-state index contributed by atoms with van der Waals surface area (Å²) < 4.78 is 0. The van der Waals surface area contributed by atoms with Crippen molar-refractivity contribution in [3.05, 3.63) is 35.9 Å². The number of aliphatic hydroxyl groups is 1. The zero-order valence-electron chi connectivity index (χ0n) is 18.0. The van der Waals surface area contributed by atoms with E-state index in [4.69, 9.17) is 0 Å². The zero-order valence-corrected chi connectivity index (χ0v) is 17.4. The molecule has 0 fully saturated rings. The summed E-state index contributed by atoms with van der Waals surface area (Å²) in [7, 11) is 0. The SMILES string of the molecule is CCCCCCCCCCCCCCCC(O)c1ccccc1.[H-].[H-].[Mg+2]. The van der Waals surface area contributed by atoms with Crippen molar-refractivity contribution in [3.63, 3.8) is 0 Å². The van der Waals surface area contributed by atoms with E-state index in [2.05, 4.69) is 6.92 Å². The van der Waals surface area contributed by atoms with Gasteiger partial charge in [0.15, 0.2) is 0 Å². The van der Waals surface area contributed by atoms with Crippen molar-refractivity contribution in [3.8, 4) is 0 Å². The number of benzene rings is 1. The molecule has 1 N–H and O–H groups in total. The number of aliphatic hydroxyl groups excluding tert-OH is 1. The van der Waals surface area contributed by atoms with Gasteiger partial charge in [0.05, 0.1) is 6.10 Å². The molecule has 0 aliphatic rings. The number of hydrogen-bond donors (Lipinski definition) is 1. The summed E-state index contributed by atoms with van der Waals surface area (Å²) in [6, 6.07) is 10.0. The van der Waals surface area contributed by atoms with Crippen LogP contribution in [0.2, 0.25) is 0 Å². The molecule has 0 saturated heterocycles. The topological polar surface area (TPSA) is 20.2 Å². The summed E-state index contributed by atoms with van der Waals surface area (Å²) in [5, 5.41) is 10.1. The number of rotatable bonds is 15. The van der Waals surface area contributed by atoms with Crippen LogP contribution in [-0.2, 0) is 0 Å². The molecule has 1 aromatic carbocycles. The number of hydrogen-bond acceptors (Lipinski definition) is 1. The van der Waals surface area contributed by atoms with Gasteiger partial charge in [0.25, 0.3) is 0 Å². The van der Waals surface area contributed by atoms with Crippen LogP contribution in [0.3, 0.4) is 0 Å². The van der Waals surface area contributed by atoms with Crippen LogP contribution in [0.5, 0.6) is 0 Å². The van der Waals surface area contributed by atoms with E-state index in [1.165, 1.54) is 77.0 Å². The molecule has 0 radical (unpaired) electrons. The Morgan fingerprint density at radius 3 is 1.58 bits per heavy atom. The molecule has 1 atom stereocenters. The maximum Gasteiger partial charge on any atom is 2.00 e. The fourth-order valence-corrected chi connectivity index (χ4v) is 3.20. The van der Waals surface area contributed by atoms with Gasteiger partial charge < -0.3 is 7.96 Å². The molecule has 1 rings (SSSR count). The van der Waals surface area contributed by atoms with Crippen molar-refractivity contribution in [2.75, 3.05) is 0 Å². The fourth-order valence-electron chi connectivity index (χ4n) is 3.20. The van der Waals surface area contributed by atoms with Gasteiger partial charge in [-0.2, -0.15) is 0 Å². The molecule has 1 nitrogen and oxygen atoms in total. The second kappa shape index (κ2) is 17.8.